The van der Waals surface area contributed by atoms with E-state index in [0.717, 1.165) is 38.5 Å². The third-order valence-electron chi connectivity index (χ3n) is 5.80. The Morgan fingerprint density at radius 2 is 1.90 bits per heavy atom. The number of allylic oxidation sites excluding steroid dienone is 2. The highest BCUT2D eigenvalue weighted by Crippen LogP contribution is 2.35. The zero-order chi connectivity index (χ0) is 20.9. The first kappa shape index (κ1) is 23.4. The van der Waals surface area contributed by atoms with E-state index in [0.29, 0.717) is 18.1 Å². The fourth-order valence-electron chi connectivity index (χ4n) is 4.25. The summed E-state index contributed by atoms with van der Waals surface area (Å²) in [7, 11) is 0. The van der Waals surface area contributed by atoms with E-state index in [-0.39, 0.29) is 18.0 Å². The summed E-state index contributed by atoms with van der Waals surface area (Å²) in [5.41, 5.74) is 1.42. The number of esters is 1. The van der Waals surface area contributed by atoms with Crippen molar-refractivity contribution in [2.45, 2.75) is 90.6 Å². The second-order valence-corrected chi connectivity index (χ2v) is 8.59. The Kier molecular flexibility index (Phi) is 10.8. The van der Waals surface area contributed by atoms with Gasteiger partial charge in [-0.15, -0.1) is 0 Å². The minimum atomic E-state index is -0.119. The van der Waals surface area contributed by atoms with Crippen molar-refractivity contribution in [1.82, 2.24) is 0 Å². The van der Waals surface area contributed by atoms with Crippen LogP contribution in [0.1, 0.15) is 83.6 Å². The van der Waals surface area contributed by atoms with Crippen molar-refractivity contribution < 1.29 is 14.3 Å². The number of hydrogen-bond acceptors (Lipinski definition) is 3. The minimum Gasteiger partial charge on any atom is -0.463 e. The molecule has 1 aliphatic rings. The molecular weight excluding hydrogens is 360 g/mol. The largest absolute Gasteiger partial charge is 0.463 e. The smallest absolute Gasteiger partial charge is 0.306 e. The molecule has 29 heavy (non-hydrogen) atoms. The zero-order valence-corrected chi connectivity index (χ0v) is 18.3. The number of ketones is 1. The van der Waals surface area contributed by atoms with Crippen LogP contribution in [-0.4, -0.2) is 17.9 Å². The van der Waals surface area contributed by atoms with Gasteiger partial charge in [-0.05, 0) is 70.3 Å². The second kappa shape index (κ2) is 13.3. The van der Waals surface area contributed by atoms with Gasteiger partial charge in [0.1, 0.15) is 5.78 Å². The lowest BCUT2D eigenvalue weighted by Crippen LogP contribution is -2.14. The molecule has 1 saturated carbocycles. The molecule has 1 aromatic rings. The number of benzene rings is 1. The first-order valence-corrected chi connectivity index (χ1v) is 11.5. The van der Waals surface area contributed by atoms with Crippen molar-refractivity contribution in [3.63, 3.8) is 0 Å². The van der Waals surface area contributed by atoms with E-state index in [1.807, 2.05) is 13.8 Å². The summed E-state index contributed by atoms with van der Waals surface area (Å²) in [5.74, 6) is 1.10. The summed E-state index contributed by atoms with van der Waals surface area (Å²) in [6, 6.07) is 10.7. The lowest BCUT2D eigenvalue weighted by molar-refractivity contribution is -0.147. The van der Waals surface area contributed by atoms with Crippen molar-refractivity contribution in [2.24, 2.45) is 11.8 Å². The first-order valence-electron chi connectivity index (χ1n) is 11.5. The predicted molar refractivity (Wildman–Crippen MR) is 119 cm³/mol. The molecule has 0 N–H and O–H groups in total. The summed E-state index contributed by atoms with van der Waals surface area (Å²) in [6.07, 6.45) is 15.1. The van der Waals surface area contributed by atoms with Crippen molar-refractivity contribution in [1.29, 1.82) is 0 Å². The van der Waals surface area contributed by atoms with E-state index in [1.54, 1.807) is 0 Å². The molecule has 3 nitrogen and oxygen atoms in total. The Morgan fingerprint density at radius 1 is 1.10 bits per heavy atom. The lowest BCUT2D eigenvalue weighted by atomic mass is 9.87. The van der Waals surface area contributed by atoms with Gasteiger partial charge in [0.25, 0.3) is 0 Å². The SMILES string of the molecule is CC(C)OC(=O)CCC/C=C\CC1C(=O)CC[C@@H]1CCCCCc1ccccc1. The maximum Gasteiger partial charge on any atom is 0.306 e. The van der Waals surface area contributed by atoms with Crippen LogP contribution >= 0.6 is 0 Å². The fourth-order valence-corrected chi connectivity index (χ4v) is 4.25. The van der Waals surface area contributed by atoms with Crippen LogP contribution in [0.3, 0.4) is 0 Å². The van der Waals surface area contributed by atoms with Gasteiger partial charge >= 0.3 is 5.97 Å². The van der Waals surface area contributed by atoms with Gasteiger partial charge in [0.15, 0.2) is 0 Å². The maximum atomic E-state index is 12.3. The van der Waals surface area contributed by atoms with Crippen LogP contribution in [0.5, 0.6) is 0 Å². The normalized spacial score (nSPS) is 19.3. The molecule has 1 fully saturated rings. The summed E-state index contributed by atoms with van der Waals surface area (Å²) in [5, 5.41) is 0. The summed E-state index contributed by atoms with van der Waals surface area (Å²) < 4.78 is 5.14. The number of unbranched alkanes of at least 4 members (excludes halogenated alkanes) is 3. The Labute approximate surface area is 176 Å². The molecule has 0 saturated heterocycles. The van der Waals surface area contributed by atoms with Gasteiger partial charge in [-0.1, -0.05) is 55.3 Å². The summed E-state index contributed by atoms with van der Waals surface area (Å²) in [6.45, 7) is 3.74. The van der Waals surface area contributed by atoms with Gasteiger partial charge in [-0.2, -0.15) is 0 Å². The molecule has 0 radical (unpaired) electrons. The molecule has 0 aliphatic heterocycles. The number of carbonyl (C=O) groups excluding carboxylic acids is 2. The highest BCUT2D eigenvalue weighted by molar-refractivity contribution is 5.83. The lowest BCUT2D eigenvalue weighted by Gasteiger charge is -2.16. The third kappa shape index (κ3) is 9.43. The van der Waals surface area contributed by atoms with E-state index in [4.69, 9.17) is 4.74 Å². The quantitative estimate of drug-likeness (QED) is 0.218. The number of ether oxygens (including phenoxy) is 1. The Hall–Kier alpha value is -1.90. The van der Waals surface area contributed by atoms with Gasteiger partial charge in [0.05, 0.1) is 6.10 Å². The van der Waals surface area contributed by atoms with E-state index < -0.39 is 0 Å². The van der Waals surface area contributed by atoms with Crippen LogP contribution < -0.4 is 0 Å². The number of aryl methyl sites for hydroxylation is 1. The molecule has 1 aliphatic carbocycles. The van der Waals surface area contributed by atoms with E-state index in [2.05, 4.69) is 42.5 Å². The van der Waals surface area contributed by atoms with Crippen LogP contribution in [0.25, 0.3) is 0 Å². The average Bonchev–Trinajstić information content (AvgIpc) is 3.04. The van der Waals surface area contributed by atoms with Gasteiger partial charge < -0.3 is 4.74 Å². The summed E-state index contributed by atoms with van der Waals surface area (Å²) >= 11 is 0. The number of hydrogen-bond donors (Lipinski definition) is 0. The maximum absolute atomic E-state index is 12.3. The van der Waals surface area contributed by atoms with Crippen molar-refractivity contribution in [2.75, 3.05) is 0 Å². The van der Waals surface area contributed by atoms with E-state index in [1.165, 1.54) is 31.2 Å². The second-order valence-electron chi connectivity index (χ2n) is 8.59. The molecule has 0 bridgehead atoms. The Bertz CT molecular complexity index is 633. The van der Waals surface area contributed by atoms with Crippen LogP contribution in [0.2, 0.25) is 0 Å². The first-order chi connectivity index (χ1) is 14.1. The highest BCUT2D eigenvalue weighted by atomic mass is 16.5. The van der Waals surface area contributed by atoms with Gasteiger partial charge in [-0.3, -0.25) is 9.59 Å². The molecule has 0 spiro atoms. The van der Waals surface area contributed by atoms with Gasteiger partial charge in [0, 0.05) is 18.8 Å². The van der Waals surface area contributed by atoms with Crippen LogP contribution in [0, 0.1) is 11.8 Å². The van der Waals surface area contributed by atoms with Crippen molar-refractivity contribution in [3.05, 3.63) is 48.0 Å². The van der Waals surface area contributed by atoms with Crippen molar-refractivity contribution >= 4 is 11.8 Å². The van der Waals surface area contributed by atoms with E-state index >= 15 is 0 Å². The predicted octanol–water partition coefficient (Wildman–Crippen LogP) is 6.45. The summed E-state index contributed by atoms with van der Waals surface area (Å²) in [4.78, 5) is 23.8. The molecular formula is C26H38O3. The molecule has 1 unspecified atom stereocenters. The topological polar surface area (TPSA) is 43.4 Å². The van der Waals surface area contributed by atoms with Crippen LogP contribution in [0.15, 0.2) is 42.5 Å². The number of carbonyl (C=O) groups is 2. The van der Waals surface area contributed by atoms with Crippen LogP contribution in [-0.2, 0) is 20.7 Å². The van der Waals surface area contributed by atoms with Gasteiger partial charge in [-0.25, -0.2) is 0 Å². The molecule has 0 aromatic heterocycles. The monoisotopic (exact) mass is 398 g/mol. The van der Waals surface area contributed by atoms with E-state index in [9.17, 15) is 9.59 Å². The third-order valence-corrected chi connectivity index (χ3v) is 5.80. The Balaban J connectivity index is 1.59. The number of Topliss-reactive ketones (excluding diaryl/α,β-unsaturated/α-hetero) is 1. The fraction of sp³-hybridized carbons (Fsp3) is 0.615. The molecule has 0 amide bonds. The molecule has 160 valence electrons. The molecule has 2 atom stereocenters. The van der Waals surface area contributed by atoms with Gasteiger partial charge in [0.2, 0.25) is 0 Å². The minimum absolute atomic E-state index is 0.0401. The molecule has 2 rings (SSSR count). The number of rotatable bonds is 13. The van der Waals surface area contributed by atoms with Crippen LogP contribution in [0.4, 0.5) is 0 Å². The highest BCUT2D eigenvalue weighted by Gasteiger charge is 2.32. The average molecular weight is 399 g/mol. The molecule has 1 aromatic carbocycles. The zero-order valence-electron chi connectivity index (χ0n) is 18.3. The molecule has 3 heteroatoms. The standard InChI is InChI=1S/C26H38O3/c1-21(2)29-26(28)18-12-4-3-11-17-24-23(19-20-25(24)27)16-10-6-9-15-22-13-7-5-8-14-22/h3,5,7-8,11,13-14,21,23-24H,4,6,9-10,12,15-20H2,1-2H3/b11-3-/t23-,24?/m0/s1. The molecule has 0 heterocycles. The van der Waals surface area contributed by atoms with Crippen molar-refractivity contribution in [3.8, 4) is 0 Å². The Morgan fingerprint density at radius 3 is 2.66 bits per heavy atom.